The average molecular weight is 316 g/mol. The van der Waals surface area contributed by atoms with Crippen LogP contribution < -0.4 is 5.32 Å². The van der Waals surface area contributed by atoms with Crippen LogP contribution >= 0.6 is 0 Å². The van der Waals surface area contributed by atoms with Crippen molar-refractivity contribution >= 4 is 11.8 Å². The van der Waals surface area contributed by atoms with Crippen molar-refractivity contribution in [2.75, 3.05) is 19.5 Å². The second-order valence-electron chi connectivity index (χ2n) is 5.72. The topological polar surface area (TPSA) is 59.4 Å². The molecule has 0 radical (unpaired) electrons. The molecule has 6 heteroatoms. The van der Waals surface area contributed by atoms with Crippen molar-refractivity contribution in [2.24, 2.45) is 0 Å². The van der Waals surface area contributed by atoms with Gasteiger partial charge < -0.3 is 19.5 Å². The highest BCUT2D eigenvalue weighted by Gasteiger charge is 2.09. The van der Waals surface area contributed by atoms with Crippen LogP contribution in [-0.4, -0.2) is 34.7 Å². The highest BCUT2D eigenvalue weighted by atomic mass is 16.5. The van der Waals surface area contributed by atoms with Gasteiger partial charge in [0.15, 0.2) is 0 Å². The van der Waals surface area contributed by atoms with Gasteiger partial charge in [-0.2, -0.15) is 0 Å². The maximum absolute atomic E-state index is 11.4. The van der Waals surface area contributed by atoms with E-state index in [0.29, 0.717) is 19.1 Å². The number of carbonyl (C=O) groups is 1. The maximum atomic E-state index is 11.4. The van der Waals surface area contributed by atoms with Crippen molar-refractivity contribution < 1.29 is 9.53 Å². The van der Waals surface area contributed by atoms with Crippen LogP contribution in [0.15, 0.2) is 36.7 Å². The lowest BCUT2D eigenvalue weighted by atomic mass is 10.2. The number of rotatable bonds is 6. The summed E-state index contributed by atoms with van der Waals surface area (Å²) >= 11 is 0. The molecule has 1 N–H and O–H groups in total. The van der Waals surface area contributed by atoms with Crippen LogP contribution in [0, 0.1) is 0 Å². The number of nitrogens with one attached hydrogen (secondary N) is 1. The second kappa shape index (κ2) is 7.67. The lowest BCUT2D eigenvalue weighted by Crippen LogP contribution is -2.25. The van der Waals surface area contributed by atoms with E-state index >= 15 is 0 Å². The van der Waals surface area contributed by atoms with Gasteiger partial charge in [-0.25, -0.2) is 9.78 Å². The number of hydrogen-bond donors (Lipinski definition) is 1. The van der Waals surface area contributed by atoms with Gasteiger partial charge in [0.2, 0.25) is 0 Å². The Morgan fingerprint density at radius 2 is 2.04 bits per heavy atom. The van der Waals surface area contributed by atoms with E-state index in [0.717, 1.165) is 17.1 Å². The fourth-order valence-electron chi connectivity index (χ4n) is 2.35. The normalized spacial score (nSPS) is 10.7. The van der Waals surface area contributed by atoms with Crippen LogP contribution in [0.2, 0.25) is 0 Å². The molecule has 0 bridgehead atoms. The van der Waals surface area contributed by atoms with Gasteiger partial charge in [0.25, 0.3) is 0 Å². The molecule has 0 unspecified atom stereocenters. The van der Waals surface area contributed by atoms with Crippen LogP contribution in [0.3, 0.4) is 0 Å². The highest BCUT2D eigenvalue weighted by molar-refractivity contribution is 5.67. The van der Waals surface area contributed by atoms with E-state index in [1.807, 2.05) is 36.7 Å². The Morgan fingerprint density at radius 1 is 1.35 bits per heavy atom. The van der Waals surface area contributed by atoms with Crippen molar-refractivity contribution in [3.8, 4) is 0 Å². The third-order valence-electron chi connectivity index (χ3n) is 3.62. The number of ether oxygens (including phenoxy) is 1. The van der Waals surface area contributed by atoms with E-state index in [-0.39, 0.29) is 6.09 Å². The number of anilines is 1. The van der Waals surface area contributed by atoms with Gasteiger partial charge in [0.05, 0.1) is 13.7 Å². The summed E-state index contributed by atoms with van der Waals surface area (Å²) in [6, 6.07) is 8.39. The van der Waals surface area contributed by atoms with Gasteiger partial charge in [-0.15, -0.1) is 0 Å². The molecule has 1 aromatic carbocycles. The first-order chi connectivity index (χ1) is 11.0. The number of nitrogens with zero attached hydrogens (tertiary/aromatic N) is 3. The van der Waals surface area contributed by atoms with E-state index in [1.54, 1.807) is 7.05 Å². The fraction of sp³-hybridized carbons (Fsp3) is 0.412. The van der Waals surface area contributed by atoms with Gasteiger partial charge in [-0.1, -0.05) is 12.1 Å². The Bertz CT molecular complexity index is 634. The smallest absolute Gasteiger partial charge is 0.409 e. The number of amides is 1. The Morgan fingerprint density at radius 3 is 2.65 bits per heavy atom. The molecule has 0 saturated carbocycles. The molecule has 0 spiro atoms. The summed E-state index contributed by atoms with van der Waals surface area (Å²) < 4.78 is 6.83. The zero-order chi connectivity index (χ0) is 16.8. The van der Waals surface area contributed by atoms with Crippen LogP contribution in [-0.2, 0) is 17.8 Å². The lowest BCUT2D eigenvalue weighted by Gasteiger charge is -2.16. The first-order valence-electron chi connectivity index (χ1n) is 7.65. The number of carbonyl (C=O) groups excluding carboxylic acids is 1. The molecular weight excluding hydrogens is 292 g/mol. The molecule has 1 heterocycles. The summed E-state index contributed by atoms with van der Waals surface area (Å²) in [5.41, 5.74) is 2.07. The van der Waals surface area contributed by atoms with E-state index < -0.39 is 0 Å². The summed E-state index contributed by atoms with van der Waals surface area (Å²) in [6.45, 7) is 5.47. The monoisotopic (exact) mass is 316 g/mol. The zero-order valence-electron chi connectivity index (χ0n) is 14.1. The van der Waals surface area contributed by atoms with E-state index in [9.17, 15) is 4.79 Å². The van der Waals surface area contributed by atoms with Crippen molar-refractivity contribution in [1.82, 2.24) is 14.5 Å². The van der Waals surface area contributed by atoms with E-state index in [1.165, 1.54) is 12.0 Å². The van der Waals surface area contributed by atoms with Crippen LogP contribution in [0.4, 0.5) is 10.5 Å². The Kier molecular flexibility index (Phi) is 5.62. The van der Waals surface area contributed by atoms with Gasteiger partial charge in [-0.3, -0.25) is 0 Å². The number of aromatic nitrogens is 2. The van der Waals surface area contributed by atoms with Crippen LogP contribution in [0.25, 0.3) is 0 Å². The van der Waals surface area contributed by atoms with Crippen molar-refractivity contribution in [2.45, 2.75) is 33.0 Å². The summed E-state index contributed by atoms with van der Waals surface area (Å²) in [5.74, 6) is 1.01. The molecule has 0 atom stereocenters. The highest BCUT2D eigenvalue weighted by Crippen LogP contribution is 2.14. The molecule has 0 saturated heterocycles. The Labute approximate surface area is 137 Å². The number of hydrogen-bond acceptors (Lipinski definition) is 4. The minimum atomic E-state index is -0.340. The zero-order valence-corrected chi connectivity index (χ0v) is 14.1. The SMILES string of the molecule is COC(=O)N(C)Cc1ccc(NCc2nccn2C(C)C)cc1. The van der Waals surface area contributed by atoms with Gasteiger partial charge >= 0.3 is 6.09 Å². The maximum Gasteiger partial charge on any atom is 0.409 e. The number of imidazole rings is 1. The predicted octanol–water partition coefficient (Wildman–Crippen LogP) is 3.27. The molecule has 0 aliphatic heterocycles. The van der Waals surface area contributed by atoms with Crippen molar-refractivity contribution in [3.63, 3.8) is 0 Å². The fourth-order valence-corrected chi connectivity index (χ4v) is 2.35. The molecule has 6 nitrogen and oxygen atoms in total. The number of methoxy groups -OCH3 is 1. The summed E-state index contributed by atoms with van der Waals surface area (Å²) in [5, 5.41) is 3.37. The predicted molar refractivity (Wildman–Crippen MR) is 90.3 cm³/mol. The van der Waals surface area contributed by atoms with Gasteiger partial charge in [-0.05, 0) is 31.5 Å². The largest absolute Gasteiger partial charge is 0.453 e. The van der Waals surface area contributed by atoms with Gasteiger partial charge in [0.1, 0.15) is 5.82 Å². The Hall–Kier alpha value is -2.50. The minimum Gasteiger partial charge on any atom is -0.453 e. The second-order valence-corrected chi connectivity index (χ2v) is 5.72. The molecular formula is C17H24N4O2. The standard InChI is InChI=1S/C17H24N4O2/c1-13(2)21-10-9-18-16(21)11-19-15-7-5-14(6-8-15)12-20(3)17(22)23-4/h5-10,13,19H,11-12H2,1-4H3. The first kappa shape index (κ1) is 16.9. The van der Waals surface area contributed by atoms with E-state index in [4.69, 9.17) is 0 Å². The third kappa shape index (κ3) is 4.48. The lowest BCUT2D eigenvalue weighted by molar-refractivity contribution is 0.131. The summed E-state index contributed by atoms with van der Waals surface area (Å²) in [6.07, 6.45) is 3.48. The van der Waals surface area contributed by atoms with Crippen molar-refractivity contribution in [3.05, 3.63) is 48.0 Å². The van der Waals surface area contributed by atoms with Crippen LogP contribution in [0.5, 0.6) is 0 Å². The molecule has 0 aliphatic rings. The molecule has 1 aromatic heterocycles. The molecule has 2 rings (SSSR count). The summed E-state index contributed by atoms with van der Waals surface area (Å²) in [7, 11) is 3.09. The molecule has 124 valence electrons. The van der Waals surface area contributed by atoms with Crippen LogP contribution in [0.1, 0.15) is 31.3 Å². The quantitative estimate of drug-likeness (QED) is 0.888. The molecule has 0 aliphatic carbocycles. The first-order valence-corrected chi connectivity index (χ1v) is 7.65. The van der Waals surface area contributed by atoms with Crippen molar-refractivity contribution in [1.29, 1.82) is 0 Å². The molecule has 23 heavy (non-hydrogen) atoms. The minimum absolute atomic E-state index is 0.340. The molecule has 1 amide bonds. The third-order valence-corrected chi connectivity index (χ3v) is 3.62. The molecule has 2 aromatic rings. The summed E-state index contributed by atoms with van der Waals surface area (Å²) in [4.78, 5) is 17.3. The molecule has 0 fully saturated rings. The average Bonchev–Trinajstić information content (AvgIpc) is 3.02. The Balaban J connectivity index is 1.92. The van der Waals surface area contributed by atoms with E-state index in [2.05, 4.69) is 33.5 Å². The number of benzene rings is 1. The van der Waals surface area contributed by atoms with Gasteiger partial charge in [0, 0.05) is 37.7 Å².